The average molecular weight is 244 g/mol. The lowest BCUT2D eigenvalue weighted by Gasteiger charge is -1.88. The van der Waals surface area contributed by atoms with Gasteiger partial charge in [-0.3, -0.25) is 0 Å². The second-order valence-electron chi connectivity index (χ2n) is 2.04. The fourth-order valence-electron chi connectivity index (χ4n) is 0.929. The summed E-state index contributed by atoms with van der Waals surface area (Å²) < 4.78 is 1.19. The van der Waals surface area contributed by atoms with E-state index in [0.29, 0.717) is 0 Å². The van der Waals surface area contributed by atoms with Crippen molar-refractivity contribution in [2.24, 2.45) is 0 Å². The number of nitrogens with one attached hydrogen (secondary N) is 1. The number of para-hydroxylation sites is 1. The molecule has 0 atom stereocenters. The SMILES string of the molecule is Ic1cccc2[nH]cnc12. The van der Waals surface area contributed by atoms with Gasteiger partial charge in [-0.05, 0) is 34.7 Å². The molecule has 1 heterocycles. The molecule has 1 aromatic heterocycles. The summed E-state index contributed by atoms with van der Waals surface area (Å²) in [5, 5.41) is 0. The molecule has 0 unspecified atom stereocenters. The Morgan fingerprint density at radius 2 is 2.30 bits per heavy atom. The van der Waals surface area contributed by atoms with E-state index in [1.807, 2.05) is 18.2 Å². The van der Waals surface area contributed by atoms with Crippen molar-refractivity contribution < 1.29 is 0 Å². The zero-order chi connectivity index (χ0) is 6.97. The molecule has 0 aliphatic rings. The third kappa shape index (κ3) is 0.811. The van der Waals surface area contributed by atoms with Gasteiger partial charge >= 0.3 is 0 Å². The van der Waals surface area contributed by atoms with Crippen LogP contribution in [-0.4, -0.2) is 9.97 Å². The molecule has 0 amide bonds. The highest BCUT2D eigenvalue weighted by Gasteiger charge is 1.96. The molecule has 1 N–H and O–H groups in total. The van der Waals surface area contributed by atoms with Crippen molar-refractivity contribution in [1.29, 1.82) is 0 Å². The molecule has 2 rings (SSSR count). The van der Waals surface area contributed by atoms with E-state index in [-0.39, 0.29) is 0 Å². The summed E-state index contributed by atoms with van der Waals surface area (Å²) in [5.41, 5.74) is 2.16. The molecule has 50 valence electrons. The molecule has 0 saturated heterocycles. The van der Waals surface area contributed by atoms with Gasteiger partial charge in [0.2, 0.25) is 0 Å². The Morgan fingerprint density at radius 1 is 1.40 bits per heavy atom. The van der Waals surface area contributed by atoms with E-state index in [1.165, 1.54) is 3.57 Å². The summed E-state index contributed by atoms with van der Waals surface area (Å²) >= 11 is 2.27. The highest BCUT2D eigenvalue weighted by molar-refractivity contribution is 14.1. The summed E-state index contributed by atoms with van der Waals surface area (Å²) in [6, 6.07) is 6.08. The number of hydrogen-bond donors (Lipinski definition) is 1. The van der Waals surface area contributed by atoms with Gasteiger partial charge in [-0.1, -0.05) is 6.07 Å². The van der Waals surface area contributed by atoms with Crippen LogP contribution in [0.15, 0.2) is 24.5 Å². The lowest BCUT2D eigenvalue weighted by Crippen LogP contribution is -1.72. The van der Waals surface area contributed by atoms with Gasteiger partial charge in [0.15, 0.2) is 0 Å². The van der Waals surface area contributed by atoms with Gasteiger partial charge < -0.3 is 4.98 Å². The van der Waals surface area contributed by atoms with Crippen molar-refractivity contribution in [2.45, 2.75) is 0 Å². The van der Waals surface area contributed by atoms with Crippen LogP contribution in [0.5, 0.6) is 0 Å². The summed E-state index contributed by atoms with van der Waals surface area (Å²) in [4.78, 5) is 7.20. The Labute approximate surface area is 71.8 Å². The summed E-state index contributed by atoms with van der Waals surface area (Å²) in [7, 11) is 0. The molecule has 0 fully saturated rings. The smallest absolute Gasteiger partial charge is 0.102 e. The molecule has 2 nitrogen and oxygen atoms in total. The standard InChI is InChI=1S/C7H5IN2/c8-5-2-1-3-6-7(5)10-4-9-6/h1-4H,(H,9,10). The third-order valence-electron chi connectivity index (χ3n) is 1.40. The molecule has 2 aromatic rings. The van der Waals surface area contributed by atoms with Crippen LogP contribution in [0.2, 0.25) is 0 Å². The van der Waals surface area contributed by atoms with E-state index in [9.17, 15) is 0 Å². The van der Waals surface area contributed by atoms with Gasteiger partial charge in [0.05, 0.1) is 11.8 Å². The Kier molecular flexibility index (Phi) is 1.37. The van der Waals surface area contributed by atoms with Crippen molar-refractivity contribution in [1.82, 2.24) is 9.97 Å². The number of aromatic nitrogens is 2. The maximum atomic E-state index is 4.16. The van der Waals surface area contributed by atoms with Gasteiger partial charge in [0, 0.05) is 3.57 Å². The van der Waals surface area contributed by atoms with Gasteiger partial charge in [-0.15, -0.1) is 0 Å². The van der Waals surface area contributed by atoms with Crippen LogP contribution in [0.25, 0.3) is 11.0 Å². The second-order valence-corrected chi connectivity index (χ2v) is 3.20. The van der Waals surface area contributed by atoms with Crippen molar-refractivity contribution in [2.75, 3.05) is 0 Å². The minimum Gasteiger partial charge on any atom is -0.345 e. The number of imidazole rings is 1. The van der Waals surface area contributed by atoms with E-state index in [1.54, 1.807) is 6.33 Å². The van der Waals surface area contributed by atoms with Crippen LogP contribution in [0.4, 0.5) is 0 Å². The summed E-state index contributed by atoms with van der Waals surface area (Å²) in [5.74, 6) is 0. The van der Waals surface area contributed by atoms with Crippen molar-refractivity contribution in [3.63, 3.8) is 0 Å². The number of hydrogen-bond acceptors (Lipinski definition) is 1. The predicted molar refractivity (Wildman–Crippen MR) is 48.8 cm³/mol. The fourth-order valence-corrected chi connectivity index (χ4v) is 1.57. The largest absolute Gasteiger partial charge is 0.345 e. The van der Waals surface area contributed by atoms with Gasteiger partial charge in [-0.25, -0.2) is 4.98 Å². The first-order chi connectivity index (χ1) is 4.88. The van der Waals surface area contributed by atoms with Crippen LogP contribution in [0.3, 0.4) is 0 Å². The number of fused-ring (bicyclic) bond motifs is 1. The molecule has 1 aromatic carbocycles. The molecule has 3 heteroatoms. The second kappa shape index (κ2) is 2.23. The van der Waals surface area contributed by atoms with Crippen LogP contribution in [0.1, 0.15) is 0 Å². The number of benzene rings is 1. The number of rotatable bonds is 0. The normalized spacial score (nSPS) is 10.5. The van der Waals surface area contributed by atoms with Gasteiger partial charge in [0.1, 0.15) is 5.52 Å². The molecular weight excluding hydrogens is 239 g/mol. The molecule has 0 saturated carbocycles. The van der Waals surface area contributed by atoms with Gasteiger partial charge in [-0.2, -0.15) is 0 Å². The lowest BCUT2D eigenvalue weighted by atomic mass is 10.3. The predicted octanol–water partition coefficient (Wildman–Crippen LogP) is 2.17. The number of H-pyrrole nitrogens is 1. The van der Waals surface area contributed by atoms with Crippen LogP contribution in [-0.2, 0) is 0 Å². The maximum absolute atomic E-state index is 4.16. The Balaban J connectivity index is 2.95. The van der Waals surface area contributed by atoms with Gasteiger partial charge in [0.25, 0.3) is 0 Å². The number of halogens is 1. The highest BCUT2D eigenvalue weighted by Crippen LogP contribution is 2.15. The van der Waals surface area contributed by atoms with Crippen LogP contribution in [0, 0.1) is 3.57 Å². The quantitative estimate of drug-likeness (QED) is 0.707. The molecule has 10 heavy (non-hydrogen) atoms. The number of aromatic amines is 1. The molecule has 0 bridgehead atoms. The molecule has 0 aliphatic heterocycles. The first-order valence-corrected chi connectivity index (χ1v) is 4.03. The van der Waals surface area contributed by atoms with Crippen molar-refractivity contribution >= 4 is 33.6 Å². The zero-order valence-corrected chi connectivity index (χ0v) is 7.29. The zero-order valence-electron chi connectivity index (χ0n) is 5.13. The lowest BCUT2D eigenvalue weighted by molar-refractivity contribution is 1.34. The van der Waals surface area contributed by atoms with Crippen LogP contribution < -0.4 is 0 Å². The topological polar surface area (TPSA) is 28.7 Å². The summed E-state index contributed by atoms with van der Waals surface area (Å²) in [6.45, 7) is 0. The van der Waals surface area contributed by atoms with E-state index in [2.05, 4.69) is 32.6 Å². The Bertz CT molecular complexity index is 353. The van der Waals surface area contributed by atoms with E-state index >= 15 is 0 Å². The minimum absolute atomic E-state index is 1.06. The van der Waals surface area contributed by atoms with E-state index < -0.39 is 0 Å². The first-order valence-electron chi connectivity index (χ1n) is 2.95. The number of nitrogens with zero attached hydrogens (tertiary/aromatic N) is 1. The molecule has 0 spiro atoms. The first kappa shape index (κ1) is 6.15. The Hall–Kier alpha value is -0.580. The van der Waals surface area contributed by atoms with Crippen molar-refractivity contribution in [3.8, 4) is 0 Å². The highest BCUT2D eigenvalue weighted by atomic mass is 127. The van der Waals surface area contributed by atoms with Crippen molar-refractivity contribution in [3.05, 3.63) is 28.1 Å². The van der Waals surface area contributed by atoms with E-state index in [0.717, 1.165) is 11.0 Å². The molecule has 0 radical (unpaired) electrons. The monoisotopic (exact) mass is 244 g/mol. The minimum atomic E-state index is 1.06. The van der Waals surface area contributed by atoms with Crippen LogP contribution >= 0.6 is 22.6 Å². The third-order valence-corrected chi connectivity index (χ3v) is 2.27. The molecule has 0 aliphatic carbocycles. The Morgan fingerprint density at radius 3 is 3.10 bits per heavy atom. The summed E-state index contributed by atoms with van der Waals surface area (Å²) in [6.07, 6.45) is 1.72. The molecular formula is C7H5IN2. The maximum Gasteiger partial charge on any atom is 0.102 e. The fraction of sp³-hybridized carbons (Fsp3) is 0. The average Bonchev–Trinajstić information content (AvgIpc) is 2.36. The van der Waals surface area contributed by atoms with E-state index in [4.69, 9.17) is 0 Å².